The largest absolute Gasteiger partial charge is 0.497 e. The Morgan fingerprint density at radius 1 is 0.962 bits per heavy atom. The fraction of sp³-hybridized carbons (Fsp3) is 0.263. The molecule has 2 unspecified atom stereocenters. The van der Waals surface area contributed by atoms with Crippen molar-refractivity contribution in [1.82, 2.24) is 0 Å². The van der Waals surface area contributed by atoms with Crippen molar-refractivity contribution in [1.29, 1.82) is 0 Å². The van der Waals surface area contributed by atoms with Crippen LogP contribution in [0.25, 0.3) is 0 Å². The minimum atomic E-state index is -0.509. The van der Waals surface area contributed by atoms with Gasteiger partial charge in [-0.1, -0.05) is 12.1 Å². The van der Waals surface area contributed by atoms with Gasteiger partial charge in [0.15, 0.2) is 0 Å². The SMILES string of the molecule is COc1ccc(NC(=O)C2CC2C(=O)Nc2ccccc2F)c(OC)c1. The third kappa shape index (κ3) is 3.77. The molecular weight excluding hydrogens is 339 g/mol. The predicted molar refractivity (Wildman–Crippen MR) is 94.8 cm³/mol. The summed E-state index contributed by atoms with van der Waals surface area (Å²) < 4.78 is 24.0. The molecule has 7 heteroatoms. The summed E-state index contributed by atoms with van der Waals surface area (Å²) in [6, 6.07) is 11.0. The number of hydrogen-bond acceptors (Lipinski definition) is 4. The van der Waals surface area contributed by atoms with Crippen LogP contribution < -0.4 is 20.1 Å². The second-order valence-electron chi connectivity index (χ2n) is 5.97. The van der Waals surface area contributed by atoms with E-state index in [1.165, 1.54) is 26.4 Å². The van der Waals surface area contributed by atoms with Crippen LogP contribution in [0.2, 0.25) is 0 Å². The van der Waals surface area contributed by atoms with Crippen LogP contribution in [-0.4, -0.2) is 26.0 Å². The molecule has 3 rings (SSSR count). The van der Waals surface area contributed by atoms with Crippen molar-refractivity contribution in [3.05, 3.63) is 48.3 Å². The van der Waals surface area contributed by atoms with E-state index in [1.807, 2.05) is 0 Å². The first-order valence-corrected chi connectivity index (χ1v) is 8.11. The van der Waals surface area contributed by atoms with Gasteiger partial charge in [0.25, 0.3) is 0 Å². The van der Waals surface area contributed by atoms with Crippen molar-refractivity contribution in [3.63, 3.8) is 0 Å². The fourth-order valence-corrected chi connectivity index (χ4v) is 2.69. The average molecular weight is 358 g/mol. The Morgan fingerprint density at radius 2 is 1.62 bits per heavy atom. The van der Waals surface area contributed by atoms with Crippen LogP contribution in [0, 0.1) is 17.7 Å². The van der Waals surface area contributed by atoms with Crippen LogP contribution in [0.1, 0.15) is 6.42 Å². The number of carbonyl (C=O) groups is 2. The van der Waals surface area contributed by atoms with Gasteiger partial charge in [0.05, 0.1) is 37.4 Å². The summed E-state index contributed by atoms with van der Waals surface area (Å²) in [6.07, 6.45) is 0.421. The van der Waals surface area contributed by atoms with E-state index in [1.54, 1.807) is 30.3 Å². The van der Waals surface area contributed by atoms with Gasteiger partial charge in [0, 0.05) is 6.07 Å². The molecule has 2 aromatic carbocycles. The highest BCUT2D eigenvalue weighted by Crippen LogP contribution is 2.41. The number of para-hydroxylation sites is 1. The fourth-order valence-electron chi connectivity index (χ4n) is 2.69. The number of carbonyl (C=O) groups excluding carboxylic acids is 2. The van der Waals surface area contributed by atoms with Crippen LogP contribution in [0.5, 0.6) is 11.5 Å². The zero-order valence-corrected chi connectivity index (χ0v) is 14.4. The van der Waals surface area contributed by atoms with Crippen molar-refractivity contribution in [2.45, 2.75) is 6.42 Å². The topological polar surface area (TPSA) is 76.7 Å². The monoisotopic (exact) mass is 358 g/mol. The lowest BCUT2D eigenvalue weighted by Crippen LogP contribution is -2.21. The lowest BCUT2D eigenvalue weighted by Gasteiger charge is -2.11. The first-order valence-electron chi connectivity index (χ1n) is 8.11. The molecule has 0 bridgehead atoms. The Morgan fingerprint density at radius 3 is 2.23 bits per heavy atom. The van der Waals surface area contributed by atoms with Gasteiger partial charge in [0.1, 0.15) is 17.3 Å². The van der Waals surface area contributed by atoms with Crippen LogP contribution in [0.4, 0.5) is 15.8 Å². The number of amides is 2. The molecule has 1 saturated carbocycles. The zero-order valence-electron chi connectivity index (χ0n) is 14.4. The molecule has 26 heavy (non-hydrogen) atoms. The summed E-state index contributed by atoms with van der Waals surface area (Å²) in [7, 11) is 3.03. The van der Waals surface area contributed by atoms with Crippen molar-refractivity contribution in [2.75, 3.05) is 24.9 Å². The Bertz CT molecular complexity index is 840. The van der Waals surface area contributed by atoms with E-state index in [2.05, 4.69) is 10.6 Å². The highest BCUT2D eigenvalue weighted by molar-refractivity contribution is 6.03. The van der Waals surface area contributed by atoms with E-state index in [-0.39, 0.29) is 17.5 Å². The van der Waals surface area contributed by atoms with E-state index in [9.17, 15) is 14.0 Å². The molecule has 136 valence electrons. The number of benzene rings is 2. The third-order valence-corrected chi connectivity index (χ3v) is 4.26. The first kappa shape index (κ1) is 17.7. The van der Waals surface area contributed by atoms with Gasteiger partial charge >= 0.3 is 0 Å². The molecule has 0 aliphatic heterocycles. The minimum Gasteiger partial charge on any atom is -0.497 e. The summed E-state index contributed by atoms with van der Waals surface area (Å²) in [5.41, 5.74) is 0.610. The molecule has 0 heterocycles. The summed E-state index contributed by atoms with van der Waals surface area (Å²) >= 11 is 0. The second-order valence-corrected chi connectivity index (χ2v) is 5.97. The van der Waals surface area contributed by atoms with Crippen LogP contribution in [-0.2, 0) is 9.59 Å². The Balaban J connectivity index is 1.61. The number of nitrogens with one attached hydrogen (secondary N) is 2. The first-order chi connectivity index (χ1) is 12.5. The van der Waals surface area contributed by atoms with Crippen molar-refractivity contribution in [3.8, 4) is 11.5 Å². The van der Waals surface area contributed by atoms with Crippen molar-refractivity contribution < 1.29 is 23.5 Å². The maximum Gasteiger partial charge on any atom is 0.228 e. The van der Waals surface area contributed by atoms with E-state index in [4.69, 9.17) is 9.47 Å². The standard InChI is InChI=1S/C19H19FN2O4/c1-25-11-7-8-16(17(9-11)26-2)22-19(24)13-10-12(13)18(23)21-15-6-4-3-5-14(15)20/h3-9,12-13H,10H2,1-2H3,(H,21,23)(H,22,24). The predicted octanol–water partition coefficient (Wildman–Crippen LogP) is 3.06. The van der Waals surface area contributed by atoms with Gasteiger partial charge in [0.2, 0.25) is 11.8 Å². The smallest absolute Gasteiger partial charge is 0.228 e. The quantitative estimate of drug-likeness (QED) is 0.832. The van der Waals surface area contributed by atoms with Crippen LogP contribution in [0.15, 0.2) is 42.5 Å². The number of methoxy groups -OCH3 is 2. The molecule has 2 N–H and O–H groups in total. The Hall–Kier alpha value is -3.09. The Kier molecular flexibility index (Phi) is 5.06. The highest BCUT2D eigenvalue weighted by atomic mass is 19.1. The zero-order chi connectivity index (χ0) is 18.7. The molecule has 0 aromatic heterocycles. The number of hydrogen-bond donors (Lipinski definition) is 2. The van der Waals surface area contributed by atoms with Gasteiger partial charge in [-0.05, 0) is 30.7 Å². The number of halogens is 1. The van der Waals surface area contributed by atoms with Gasteiger partial charge in [-0.2, -0.15) is 0 Å². The molecule has 1 aliphatic carbocycles. The Labute approximate surface area is 150 Å². The maximum absolute atomic E-state index is 13.6. The minimum absolute atomic E-state index is 0.111. The molecule has 2 amide bonds. The van der Waals surface area contributed by atoms with Crippen molar-refractivity contribution in [2.24, 2.45) is 11.8 Å². The van der Waals surface area contributed by atoms with Gasteiger partial charge in [-0.3, -0.25) is 9.59 Å². The molecule has 6 nitrogen and oxygen atoms in total. The third-order valence-electron chi connectivity index (χ3n) is 4.26. The molecule has 0 spiro atoms. The average Bonchev–Trinajstić information content (AvgIpc) is 3.45. The number of rotatable bonds is 6. The van der Waals surface area contributed by atoms with Gasteiger partial charge in [-0.25, -0.2) is 4.39 Å². The molecule has 0 saturated heterocycles. The van der Waals surface area contributed by atoms with E-state index < -0.39 is 17.7 Å². The molecular formula is C19H19FN2O4. The molecule has 2 atom stereocenters. The summed E-state index contributed by atoms with van der Waals surface area (Å²) in [5, 5.41) is 5.28. The van der Waals surface area contributed by atoms with E-state index >= 15 is 0 Å². The summed E-state index contributed by atoms with van der Waals surface area (Å²) in [5.74, 6) is -1.00. The van der Waals surface area contributed by atoms with E-state index in [0.717, 1.165) is 0 Å². The molecule has 1 aliphatic rings. The molecule has 2 aromatic rings. The lowest BCUT2D eigenvalue weighted by molar-refractivity contribution is -0.122. The normalized spacial score (nSPS) is 18.0. The molecule has 0 radical (unpaired) electrons. The molecule has 1 fully saturated rings. The number of anilines is 2. The van der Waals surface area contributed by atoms with E-state index in [0.29, 0.717) is 23.6 Å². The lowest BCUT2D eigenvalue weighted by atomic mass is 10.2. The maximum atomic E-state index is 13.6. The van der Waals surface area contributed by atoms with Gasteiger partial charge in [-0.15, -0.1) is 0 Å². The summed E-state index contributed by atoms with van der Waals surface area (Å²) in [4.78, 5) is 24.6. The van der Waals surface area contributed by atoms with Crippen molar-refractivity contribution >= 4 is 23.2 Å². The van der Waals surface area contributed by atoms with Crippen LogP contribution >= 0.6 is 0 Å². The second kappa shape index (κ2) is 7.43. The van der Waals surface area contributed by atoms with Crippen LogP contribution in [0.3, 0.4) is 0 Å². The van der Waals surface area contributed by atoms with Gasteiger partial charge < -0.3 is 20.1 Å². The number of ether oxygens (including phenoxy) is 2. The highest BCUT2D eigenvalue weighted by Gasteiger charge is 2.48. The summed E-state index contributed by atoms with van der Waals surface area (Å²) in [6.45, 7) is 0.